The lowest BCUT2D eigenvalue weighted by Crippen LogP contribution is -2.28. The summed E-state index contributed by atoms with van der Waals surface area (Å²) in [6.07, 6.45) is 4.63. The standard InChI is InChI=1S/C30H33ClN4OS/c1-4-5-7-10-23-14-16-25(17-15-23)29(36)32-22(3)28-33-34-30(37-20-24-11-8-6-9-12-24)35(28)27-19-26(31)18-13-21(27)2/h6,8-9,11-19,22H,4-5,7,10,20H2,1-3H3,(H,32,36). The zero-order valence-corrected chi connectivity index (χ0v) is 23.1. The van der Waals surface area contributed by atoms with Gasteiger partial charge in [-0.15, -0.1) is 10.2 Å². The Balaban J connectivity index is 1.56. The highest BCUT2D eigenvalue weighted by Gasteiger charge is 2.23. The van der Waals surface area contributed by atoms with Gasteiger partial charge < -0.3 is 5.32 Å². The molecule has 0 saturated heterocycles. The maximum absolute atomic E-state index is 13.1. The summed E-state index contributed by atoms with van der Waals surface area (Å²) in [6.45, 7) is 6.17. The molecule has 3 aromatic carbocycles. The maximum atomic E-state index is 13.1. The number of aryl methyl sites for hydroxylation is 2. The molecule has 0 spiro atoms. The Morgan fingerprint density at radius 2 is 1.76 bits per heavy atom. The Bertz CT molecular complexity index is 1320. The first-order chi connectivity index (χ1) is 18.0. The minimum Gasteiger partial charge on any atom is -0.342 e. The number of thioether (sulfide) groups is 1. The van der Waals surface area contributed by atoms with E-state index in [0.29, 0.717) is 16.4 Å². The number of nitrogens with one attached hydrogen (secondary N) is 1. The van der Waals surface area contributed by atoms with Crippen molar-refractivity contribution < 1.29 is 4.79 Å². The van der Waals surface area contributed by atoms with Gasteiger partial charge in [0.2, 0.25) is 0 Å². The second kappa shape index (κ2) is 12.9. The largest absolute Gasteiger partial charge is 0.342 e. The highest BCUT2D eigenvalue weighted by Crippen LogP contribution is 2.30. The van der Waals surface area contributed by atoms with Gasteiger partial charge in [0.15, 0.2) is 11.0 Å². The SMILES string of the molecule is CCCCCc1ccc(C(=O)NC(C)c2nnc(SCc3ccccc3)n2-c2cc(Cl)ccc2C)cc1. The van der Waals surface area contributed by atoms with Crippen LogP contribution in [0.5, 0.6) is 0 Å². The topological polar surface area (TPSA) is 59.8 Å². The zero-order chi connectivity index (χ0) is 26.2. The van der Waals surface area contributed by atoms with Gasteiger partial charge in [0.05, 0.1) is 11.7 Å². The van der Waals surface area contributed by atoms with Crippen molar-refractivity contribution >= 4 is 29.3 Å². The molecule has 1 atom stereocenters. The van der Waals surface area contributed by atoms with Crippen molar-refractivity contribution in [3.63, 3.8) is 0 Å². The van der Waals surface area contributed by atoms with E-state index in [4.69, 9.17) is 11.6 Å². The van der Waals surface area contributed by atoms with Crippen molar-refractivity contribution in [1.82, 2.24) is 20.1 Å². The number of nitrogens with zero attached hydrogens (tertiary/aromatic N) is 3. The first-order valence-corrected chi connectivity index (χ1v) is 14.1. The quantitative estimate of drug-likeness (QED) is 0.158. The lowest BCUT2D eigenvalue weighted by molar-refractivity contribution is 0.0938. The van der Waals surface area contributed by atoms with Crippen LogP contribution in [0.25, 0.3) is 5.69 Å². The van der Waals surface area contributed by atoms with Gasteiger partial charge in [0.1, 0.15) is 0 Å². The minimum atomic E-state index is -0.367. The van der Waals surface area contributed by atoms with Gasteiger partial charge in [-0.05, 0) is 67.6 Å². The Kier molecular flexibility index (Phi) is 9.42. The van der Waals surface area contributed by atoms with Crippen LogP contribution in [0.15, 0.2) is 78.0 Å². The molecule has 4 rings (SSSR count). The van der Waals surface area contributed by atoms with Crippen LogP contribution >= 0.6 is 23.4 Å². The number of unbranched alkanes of at least 4 members (excludes halogenated alkanes) is 2. The highest BCUT2D eigenvalue weighted by molar-refractivity contribution is 7.98. The van der Waals surface area contributed by atoms with Gasteiger partial charge in [-0.1, -0.05) is 91.7 Å². The van der Waals surface area contributed by atoms with Crippen molar-refractivity contribution in [3.05, 3.63) is 106 Å². The smallest absolute Gasteiger partial charge is 0.251 e. The van der Waals surface area contributed by atoms with Gasteiger partial charge in [0, 0.05) is 16.3 Å². The van der Waals surface area contributed by atoms with Gasteiger partial charge in [-0.2, -0.15) is 0 Å². The van der Waals surface area contributed by atoms with E-state index in [1.807, 2.05) is 79.1 Å². The van der Waals surface area contributed by atoms with E-state index in [1.54, 1.807) is 11.8 Å². The number of carbonyl (C=O) groups is 1. The molecule has 4 aromatic rings. The molecular weight excluding hydrogens is 500 g/mol. The molecule has 37 heavy (non-hydrogen) atoms. The molecule has 1 heterocycles. The molecule has 0 aliphatic rings. The van der Waals surface area contributed by atoms with E-state index in [-0.39, 0.29) is 11.9 Å². The third kappa shape index (κ3) is 7.02. The molecule has 1 unspecified atom stereocenters. The lowest BCUT2D eigenvalue weighted by Gasteiger charge is -2.18. The van der Waals surface area contributed by atoms with Crippen molar-refractivity contribution in [2.24, 2.45) is 0 Å². The molecule has 0 fully saturated rings. The summed E-state index contributed by atoms with van der Waals surface area (Å²) in [6, 6.07) is 23.6. The summed E-state index contributed by atoms with van der Waals surface area (Å²) in [5.41, 5.74) is 5.04. The summed E-state index contributed by atoms with van der Waals surface area (Å²) >= 11 is 7.98. The number of aromatic nitrogens is 3. The van der Waals surface area contributed by atoms with E-state index in [1.165, 1.54) is 30.4 Å². The lowest BCUT2D eigenvalue weighted by atomic mass is 10.0. The third-order valence-electron chi connectivity index (χ3n) is 6.30. The summed E-state index contributed by atoms with van der Waals surface area (Å²) < 4.78 is 2.01. The van der Waals surface area contributed by atoms with Crippen molar-refractivity contribution in [1.29, 1.82) is 0 Å². The van der Waals surface area contributed by atoms with E-state index >= 15 is 0 Å². The second-order valence-corrected chi connectivity index (χ2v) is 10.6. The molecule has 5 nitrogen and oxygen atoms in total. The summed E-state index contributed by atoms with van der Waals surface area (Å²) in [4.78, 5) is 13.1. The van der Waals surface area contributed by atoms with Crippen molar-refractivity contribution in [2.75, 3.05) is 0 Å². The molecule has 192 valence electrons. The number of carbonyl (C=O) groups excluding carboxylic acids is 1. The van der Waals surface area contributed by atoms with Gasteiger partial charge in [0.25, 0.3) is 5.91 Å². The molecule has 0 aliphatic carbocycles. The van der Waals surface area contributed by atoms with Gasteiger partial charge in [-0.3, -0.25) is 9.36 Å². The van der Waals surface area contributed by atoms with Crippen LogP contribution in [0.1, 0.15) is 72.0 Å². The number of rotatable bonds is 11. The number of halogens is 1. The Morgan fingerprint density at radius 3 is 2.49 bits per heavy atom. The predicted octanol–water partition coefficient (Wildman–Crippen LogP) is 7.75. The number of hydrogen-bond donors (Lipinski definition) is 1. The summed E-state index contributed by atoms with van der Waals surface area (Å²) in [7, 11) is 0. The fourth-order valence-corrected chi connectivity index (χ4v) is 5.25. The normalized spacial score (nSPS) is 11.9. The third-order valence-corrected chi connectivity index (χ3v) is 7.54. The molecule has 1 aromatic heterocycles. The van der Waals surface area contributed by atoms with Crippen LogP contribution in [0.3, 0.4) is 0 Å². The van der Waals surface area contributed by atoms with E-state index in [2.05, 4.69) is 34.6 Å². The van der Waals surface area contributed by atoms with Crippen LogP contribution in [0.4, 0.5) is 0 Å². The van der Waals surface area contributed by atoms with Crippen LogP contribution in [-0.4, -0.2) is 20.7 Å². The van der Waals surface area contributed by atoms with Crippen LogP contribution in [0.2, 0.25) is 5.02 Å². The summed E-state index contributed by atoms with van der Waals surface area (Å²) in [5, 5.41) is 13.5. The summed E-state index contributed by atoms with van der Waals surface area (Å²) in [5.74, 6) is 1.28. The Labute approximate surface area is 228 Å². The minimum absolute atomic E-state index is 0.136. The number of amides is 1. The first kappa shape index (κ1) is 27.0. The van der Waals surface area contributed by atoms with E-state index in [9.17, 15) is 4.79 Å². The average Bonchev–Trinajstić information content (AvgIpc) is 3.34. The number of benzene rings is 3. The Morgan fingerprint density at radius 1 is 1.00 bits per heavy atom. The molecule has 1 amide bonds. The van der Waals surface area contributed by atoms with Crippen LogP contribution in [-0.2, 0) is 12.2 Å². The number of hydrogen-bond acceptors (Lipinski definition) is 4. The molecule has 7 heteroatoms. The monoisotopic (exact) mass is 532 g/mol. The molecule has 0 bridgehead atoms. The highest BCUT2D eigenvalue weighted by atomic mass is 35.5. The first-order valence-electron chi connectivity index (χ1n) is 12.7. The molecular formula is C30H33ClN4OS. The van der Waals surface area contributed by atoms with E-state index in [0.717, 1.165) is 28.6 Å². The molecule has 0 radical (unpaired) electrons. The molecule has 0 saturated carbocycles. The maximum Gasteiger partial charge on any atom is 0.251 e. The fraction of sp³-hybridized carbons (Fsp3) is 0.300. The van der Waals surface area contributed by atoms with Crippen molar-refractivity contribution in [3.8, 4) is 5.69 Å². The molecule has 1 N–H and O–H groups in total. The Hall–Kier alpha value is -3.09. The predicted molar refractivity (Wildman–Crippen MR) is 153 cm³/mol. The zero-order valence-electron chi connectivity index (χ0n) is 21.6. The van der Waals surface area contributed by atoms with Crippen molar-refractivity contribution in [2.45, 2.75) is 63.4 Å². The van der Waals surface area contributed by atoms with Crippen LogP contribution < -0.4 is 5.32 Å². The fourth-order valence-electron chi connectivity index (χ4n) is 4.17. The van der Waals surface area contributed by atoms with Gasteiger partial charge >= 0.3 is 0 Å². The molecule has 0 aliphatic heterocycles. The second-order valence-electron chi connectivity index (χ2n) is 9.23. The van der Waals surface area contributed by atoms with E-state index < -0.39 is 0 Å². The average molecular weight is 533 g/mol. The van der Waals surface area contributed by atoms with Gasteiger partial charge in [-0.25, -0.2) is 0 Å². The van der Waals surface area contributed by atoms with Crippen LogP contribution in [0, 0.1) is 6.92 Å².